The Hall–Kier alpha value is -2.91. The third kappa shape index (κ3) is 4.63. The molecular formula is C29H30O2Si. The molecular weight excluding hydrogens is 408 g/mol. The van der Waals surface area contributed by atoms with Crippen molar-refractivity contribution in [2.75, 3.05) is 0 Å². The molecule has 1 unspecified atom stereocenters. The van der Waals surface area contributed by atoms with E-state index in [9.17, 15) is 4.79 Å². The van der Waals surface area contributed by atoms with Gasteiger partial charge in [-0.25, -0.2) is 0 Å². The van der Waals surface area contributed by atoms with Crippen molar-refractivity contribution in [3.8, 4) is 5.75 Å². The highest BCUT2D eigenvalue weighted by molar-refractivity contribution is 6.33. The molecule has 0 saturated heterocycles. The highest BCUT2D eigenvalue weighted by atomic mass is 28.2. The second-order valence-corrected chi connectivity index (χ2v) is 11.1. The second kappa shape index (κ2) is 9.29. The van der Waals surface area contributed by atoms with Crippen molar-refractivity contribution in [2.45, 2.75) is 50.0 Å². The highest BCUT2D eigenvalue weighted by Gasteiger charge is 2.36. The lowest BCUT2D eigenvalue weighted by Gasteiger charge is -2.34. The molecule has 32 heavy (non-hydrogen) atoms. The van der Waals surface area contributed by atoms with Gasteiger partial charge in [0.15, 0.2) is 0 Å². The van der Waals surface area contributed by atoms with Crippen molar-refractivity contribution < 1.29 is 9.22 Å². The predicted octanol–water partition coefficient (Wildman–Crippen LogP) is 6.67. The smallest absolute Gasteiger partial charge is 0.318 e. The van der Waals surface area contributed by atoms with Crippen LogP contribution in [0.5, 0.6) is 5.75 Å². The minimum atomic E-state index is -0.106. The Labute approximate surface area is 194 Å². The third-order valence-corrected chi connectivity index (χ3v) is 7.72. The molecule has 0 heterocycles. The van der Waals surface area contributed by atoms with Gasteiger partial charge in [-0.05, 0) is 53.3 Å². The van der Waals surface area contributed by atoms with Crippen LogP contribution < -0.4 is 4.43 Å². The molecule has 3 aromatic carbocycles. The van der Waals surface area contributed by atoms with Gasteiger partial charge < -0.3 is 4.43 Å². The fourth-order valence-corrected chi connectivity index (χ4v) is 5.85. The van der Waals surface area contributed by atoms with Crippen molar-refractivity contribution in [3.63, 3.8) is 0 Å². The maximum Gasteiger partial charge on any atom is 0.318 e. The highest BCUT2D eigenvalue weighted by Crippen LogP contribution is 2.46. The Balaban J connectivity index is 1.59. The summed E-state index contributed by atoms with van der Waals surface area (Å²) in [5.41, 5.74) is 5.13. The molecule has 0 fully saturated rings. The van der Waals surface area contributed by atoms with Crippen LogP contribution in [0.3, 0.4) is 0 Å². The van der Waals surface area contributed by atoms with Gasteiger partial charge in [-0.2, -0.15) is 0 Å². The van der Waals surface area contributed by atoms with Crippen molar-refractivity contribution in [3.05, 3.63) is 113 Å². The summed E-state index contributed by atoms with van der Waals surface area (Å²) in [4.78, 5) is 10.9. The van der Waals surface area contributed by atoms with Gasteiger partial charge in [-0.3, -0.25) is 4.79 Å². The zero-order chi connectivity index (χ0) is 22.6. The predicted molar refractivity (Wildman–Crippen MR) is 132 cm³/mol. The Kier molecular flexibility index (Phi) is 6.47. The number of carbonyl (C=O) groups is 1. The van der Waals surface area contributed by atoms with E-state index >= 15 is 0 Å². The summed E-state index contributed by atoms with van der Waals surface area (Å²) in [6.07, 6.45) is 6.57. The molecule has 0 N–H and O–H groups in total. The Bertz CT molecular complexity index is 1050. The quantitative estimate of drug-likeness (QED) is 0.223. The molecule has 0 bridgehead atoms. The topological polar surface area (TPSA) is 26.3 Å². The summed E-state index contributed by atoms with van der Waals surface area (Å²) < 4.78 is 6.45. The van der Waals surface area contributed by atoms with E-state index < -0.39 is 0 Å². The minimum absolute atomic E-state index is 0.0948. The monoisotopic (exact) mass is 438 g/mol. The van der Waals surface area contributed by atoms with Gasteiger partial charge in [-0.1, -0.05) is 93.6 Å². The van der Waals surface area contributed by atoms with Gasteiger partial charge in [0.25, 0.3) is 0 Å². The number of allylic oxidation sites excluding steroid dienone is 2. The van der Waals surface area contributed by atoms with E-state index in [0.717, 1.165) is 24.9 Å². The van der Waals surface area contributed by atoms with Crippen LogP contribution in [0.2, 0.25) is 5.04 Å². The van der Waals surface area contributed by atoms with E-state index in [1.807, 2.05) is 6.08 Å². The molecule has 0 aromatic heterocycles. The van der Waals surface area contributed by atoms with Crippen LogP contribution in [0, 0.1) is 0 Å². The average molecular weight is 439 g/mol. The molecule has 162 valence electrons. The first-order valence-corrected chi connectivity index (χ1v) is 12.1. The lowest BCUT2D eigenvalue weighted by atomic mass is 9.82. The maximum atomic E-state index is 10.9. The number of carbonyl (C=O) groups excluding carboxylic acids is 1. The Morgan fingerprint density at radius 1 is 0.969 bits per heavy atom. The van der Waals surface area contributed by atoms with Gasteiger partial charge in [0.1, 0.15) is 12.0 Å². The van der Waals surface area contributed by atoms with Crippen molar-refractivity contribution in [1.29, 1.82) is 0 Å². The first-order chi connectivity index (χ1) is 15.4. The maximum absolute atomic E-state index is 10.9. The summed E-state index contributed by atoms with van der Waals surface area (Å²) in [5, 5.41) is -0.0948. The van der Waals surface area contributed by atoms with Gasteiger partial charge in [0.05, 0.1) is 0 Å². The van der Waals surface area contributed by atoms with Crippen LogP contribution in [-0.4, -0.2) is 16.0 Å². The molecule has 3 aromatic rings. The standard InChI is InChI=1S/C29H30O2Si/c1-28(2,27(23-11-6-4-7-12-23)24-13-8-5-9-14-24)32-31-25-16-15-22-17-19-29(3,18-10-20-30)26(22)21-25/h4-16,18,20-21,27H,17,19H2,1-3H3/b18-10+. The number of aryl methyl sites for hydroxylation is 1. The van der Waals surface area contributed by atoms with E-state index in [-0.39, 0.29) is 16.4 Å². The van der Waals surface area contributed by atoms with E-state index in [2.05, 4.69) is 99.6 Å². The summed E-state index contributed by atoms with van der Waals surface area (Å²) in [6, 6.07) is 27.9. The van der Waals surface area contributed by atoms with Gasteiger partial charge in [0, 0.05) is 16.4 Å². The average Bonchev–Trinajstić information content (AvgIpc) is 3.14. The zero-order valence-electron chi connectivity index (χ0n) is 19.0. The molecule has 0 saturated carbocycles. The van der Waals surface area contributed by atoms with Crippen LogP contribution in [-0.2, 0) is 16.6 Å². The first kappa shape index (κ1) is 22.3. The Morgan fingerprint density at radius 3 is 2.19 bits per heavy atom. The molecule has 2 nitrogen and oxygen atoms in total. The third-order valence-electron chi connectivity index (χ3n) is 6.57. The summed E-state index contributed by atoms with van der Waals surface area (Å²) in [7, 11) is 0.292. The first-order valence-electron chi connectivity index (χ1n) is 11.2. The van der Waals surface area contributed by atoms with Crippen LogP contribution in [0.25, 0.3) is 0 Å². The molecule has 2 radical (unpaired) electrons. The molecule has 1 aliphatic rings. The number of hydrogen-bond acceptors (Lipinski definition) is 2. The number of fused-ring (bicyclic) bond motifs is 1. The van der Waals surface area contributed by atoms with Gasteiger partial charge in [0.2, 0.25) is 0 Å². The molecule has 0 amide bonds. The number of rotatable bonds is 8. The molecule has 3 heteroatoms. The fraction of sp³-hybridized carbons (Fsp3) is 0.276. The molecule has 1 atom stereocenters. The van der Waals surface area contributed by atoms with Crippen molar-refractivity contribution in [1.82, 2.24) is 0 Å². The SMILES string of the molecule is CC1(/C=C/C=O)CCc2ccc(O[Si]C(C)(C)C(c3ccccc3)c3ccccc3)cc21. The molecule has 1 aliphatic carbocycles. The molecule has 4 rings (SSSR count). The van der Waals surface area contributed by atoms with Crippen LogP contribution in [0.15, 0.2) is 91.0 Å². The van der Waals surface area contributed by atoms with Gasteiger partial charge >= 0.3 is 9.76 Å². The van der Waals surface area contributed by atoms with Crippen LogP contribution in [0.4, 0.5) is 0 Å². The normalized spacial score (nSPS) is 18.1. The van der Waals surface area contributed by atoms with E-state index in [1.165, 1.54) is 22.3 Å². The lowest BCUT2D eigenvalue weighted by Crippen LogP contribution is -2.27. The zero-order valence-corrected chi connectivity index (χ0v) is 20.0. The fourth-order valence-electron chi connectivity index (χ4n) is 4.89. The van der Waals surface area contributed by atoms with Crippen molar-refractivity contribution >= 4 is 16.0 Å². The summed E-state index contributed by atoms with van der Waals surface area (Å²) in [5.74, 6) is 1.14. The van der Waals surface area contributed by atoms with E-state index in [1.54, 1.807) is 6.08 Å². The minimum Gasteiger partial charge on any atom is -0.540 e. The molecule has 0 spiro atoms. The second-order valence-electron chi connectivity index (χ2n) is 9.41. The Morgan fingerprint density at radius 2 is 1.59 bits per heavy atom. The van der Waals surface area contributed by atoms with Crippen LogP contribution >= 0.6 is 0 Å². The number of aldehydes is 1. The van der Waals surface area contributed by atoms with Crippen molar-refractivity contribution in [2.24, 2.45) is 0 Å². The van der Waals surface area contributed by atoms with E-state index in [0.29, 0.717) is 9.76 Å². The van der Waals surface area contributed by atoms with Crippen LogP contribution in [0.1, 0.15) is 55.4 Å². The number of benzene rings is 3. The lowest BCUT2D eigenvalue weighted by molar-refractivity contribution is -0.104. The van der Waals surface area contributed by atoms with E-state index in [4.69, 9.17) is 4.43 Å². The summed E-state index contributed by atoms with van der Waals surface area (Å²) >= 11 is 0. The van der Waals surface area contributed by atoms with Gasteiger partial charge in [-0.15, -0.1) is 0 Å². The number of hydrogen-bond donors (Lipinski definition) is 0. The largest absolute Gasteiger partial charge is 0.540 e. The summed E-state index contributed by atoms with van der Waals surface area (Å²) in [6.45, 7) is 6.79. The molecule has 0 aliphatic heterocycles.